The highest BCUT2D eigenvalue weighted by molar-refractivity contribution is 7.15. The standard InChI is InChI=1S/C10H11N5OS/c1-5-3-7(4-8(11)12-5)9(16)13-10-15-14-6(2)17-10/h3-4H,1-2H3,(H2,11,12)(H,13,15,16). The second-order valence-electron chi connectivity index (χ2n) is 3.50. The Hall–Kier alpha value is -2.02. The van der Waals surface area contributed by atoms with E-state index in [9.17, 15) is 4.79 Å². The topological polar surface area (TPSA) is 93.8 Å². The second-order valence-corrected chi connectivity index (χ2v) is 4.68. The average Bonchev–Trinajstić information content (AvgIpc) is 2.62. The molecule has 0 aromatic carbocycles. The molecular formula is C10H11N5OS. The van der Waals surface area contributed by atoms with Gasteiger partial charge in [-0.3, -0.25) is 10.1 Å². The molecular weight excluding hydrogens is 238 g/mol. The van der Waals surface area contributed by atoms with E-state index in [-0.39, 0.29) is 5.91 Å². The van der Waals surface area contributed by atoms with Gasteiger partial charge in [0.25, 0.3) is 5.91 Å². The van der Waals surface area contributed by atoms with Crippen molar-refractivity contribution < 1.29 is 4.79 Å². The first kappa shape index (κ1) is 11.5. The van der Waals surface area contributed by atoms with E-state index >= 15 is 0 Å². The first-order chi connectivity index (χ1) is 8.04. The van der Waals surface area contributed by atoms with Gasteiger partial charge in [-0.2, -0.15) is 0 Å². The highest BCUT2D eigenvalue weighted by atomic mass is 32.1. The van der Waals surface area contributed by atoms with Crippen LogP contribution in [0.1, 0.15) is 21.1 Å². The molecule has 0 bridgehead atoms. The molecule has 88 valence electrons. The fraction of sp³-hybridized carbons (Fsp3) is 0.200. The predicted octanol–water partition coefficient (Wildman–Crippen LogP) is 1.38. The fourth-order valence-corrected chi connectivity index (χ4v) is 1.93. The number of nitrogen functional groups attached to an aromatic ring is 1. The number of amides is 1. The molecule has 0 aliphatic carbocycles. The molecule has 6 nitrogen and oxygen atoms in total. The summed E-state index contributed by atoms with van der Waals surface area (Å²) in [7, 11) is 0. The van der Waals surface area contributed by atoms with Crippen molar-refractivity contribution in [3.8, 4) is 0 Å². The van der Waals surface area contributed by atoms with Crippen molar-refractivity contribution in [2.24, 2.45) is 0 Å². The van der Waals surface area contributed by atoms with E-state index in [1.807, 2.05) is 6.92 Å². The van der Waals surface area contributed by atoms with E-state index < -0.39 is 0 Å². The van der Waals surface area contributed by atoms with Crippen LogP contribution >= 0.6 is 11.3 Å². The Morgan fingerprint density at radius 2 is 2.12 bits per heavy atom. The molecule has 0 saturated carbocycles. The molecule has 2 heterocycles. The van der Waals surface area contributed by atoms with E-state index in [0.29, 0.717) is 22.2 Å². The first-order valence-electron chi connectivity index (χ1n) is 4.90. The average molecular weight is 249 g/mol. The Morgan fingerprint density at radius 3 is 2.71 bits per heavy atom. The van der Waals surface area contributed by atoms with Crippen LogP contribution in [0.3, 0.4) is 0 Å². The summed E-state index contributed by atoms with van der Waals surface area (Å²) in [5, 5.41) is 11.6. The minimum Gasteiger partial charge on any atom is -0.384 e. The number of anilines is 2. The van der Waals surface area contributed by atoms with Crippen molar-refractivity contribution in [2.75, 3.05) is 11.1 Å². The van der Waals surface area contributed by atoms with Crippen LogP contribution < -0.4 is 11.1 Å². The van der Waals surface area contributed by atoms with E-state index in [1.165, 1.54) is 17.4 Å². The largest absolute Gasteiger partial charge is 0.384 e. The molecule has 0 fully saturated rings. The van der Waals surface area contributed by atoms with Crippen LogP contribution in [0.25, 0.3) is 0 Å². The number of pyridine rings is 1. The summed E-state index contributed by atoms with van der Waals surface area (Å²) in [5.41, 5.74) is 6.74. The minimum absolute atomic E-state index is 0.265. The third kappa shape index (κ3) is 2.76. The number of carbonyl (C=O) groups is 1. The summed E-state index contributed by atoms with van der Waals surface area (Å²) in [6, 6.07) is 3.19. The molecule has 0 unspecified atom stereocenters. The number of carbonyl (C=O) groups excluding carboxylic acids is 1. The summed E-state index contributed by atoms with van der Waals surface area (Å²) in [6.07, 6.45) is 0. The quantitative estimate of drug-likeness (QED) is 0.838. The number of nitrogens with one attached hydrogen (secondary N) is 1. The zero-order chi connectivity index (χ0) is 12.4. The molecule has 0 aliphatic rings. The molecule has 1 amide bonds. The number of rotatable bonds is 2. The minimum atomic E-state index is -0.265. The molecule has 2 aromatic rings. The molecule has 0 aliphatic heterocycles. The summed E-state index contributed by atoms with van der Waals surface area (Å²) in [4.78, 5) is 15.9. The fourth-order valence-electron chi connectivity index (χ4n) is 1.34. The molecule has 2 aromatic heterocycles. The number of aromatic nitrogens is 3. The summed E-state index contributed by atoms with van der Waals surface area (Å²) >= 11 is 1.32. The van der Waals surface area contributed by atoms with Crippen molar-refractivity contribution in [1.29, 1.82) is 0 Å². The van der Waals surface area contributed by atoms with Crippen LogP contribution in [-0.2, 0) is 0 Å². The normalized spacial score (nSPS) is 10.2. The van der Waals surface area contributed by atoms with Gasteiger partial charge in [0.05, 0.1) is 0 Å². The molecule has 0 radical (unpaired) electrons. The van der Waals surface area contributed by atoms with E-state index in [2.05, 4.69) is 20.5 Å². The maximum atomic E-state index is 11.9. The summed E-state index contributed by atoms with van der Waals surface area (Å²) in [5.74, 6) is 0.0574. The Kier molecular flexibility index (Phi) is 3.01. The van der Waals surface area contributed by atoms with Crippen molar-refractivity contribution in [3.63, 3.8) is 0 Å². The summed E-state index contributed by atoms with van der Waals surface area (Å²) < 4.78 is 0. The highest BCUT2D eigenvalue weighted by Crippen LogP contribution is 2.15. The molecule has 0 spiro atoms. The smallest absolute Gasteiger partial charge is 0.257 e. The van der Waals surface area contributed by atoms with E-state index in [4.69, 9.17) is 5.73 Å². The van der Waals surface area contributed by atoms with Crippen LogP contribution in [0, 0.1) is 13.8 Å². The molecule has 3 N–H and O–H groups in total. The van der Waals surface area contributed by atoms with Gasteiger partial charge in [-0.1, -0.05) is 11.3 Å². The van der Waals surface area contributed by atoms with Crippen molar-refractivity contribution in [1.82, 2.24) is 15.2 Å². The molecule has 2 rings (SSSR count). The van der Waals surface area contributed by atoms with Gasteiger partial charge in [0.15, 0.2) is 0 Å². The second kappa shape index (κ2) is 4.46. The molecule has 17 heavy (non-hydrogen) atoms. The third-order valence-electron chi connectivity index (χ3n) is 1.98. The number of nitrogens with zero attached hydrogens (tertiary/aromatic N) is 3. The van der Waals surface area contributed by atoms with Crippen molar-refractivity contribution >= 4 is 28.2 Å². The van der Waals surface area contributed by atoms with Crippen LogP contribution in [0.5, 0.6) is 0 Å². The maximum Gasteiger partial charge on any atom is 0.257 e. The van der Waals surface area contributed by atoms with Gasteiger partial charge in [-0.15, -0.1) is 10.2 Å². The number of aryl methyl sites for hydroxylation is 2. The number of nitrogens with two attached hydrogens (primary N) is 1. The zero-order valence-corrected chi connectivity index (χ0v) is 10.2. The Balaban J connectivity index is 2.19. The Morgan fingerprint density at radius 1 is 1.35 bits per heavy atom. The lowest BCUT2D eigenvalue weighted by Crippen LogP contribution is -2.13. The van der Waals surface area contributed by atoms with Gasteiger partial charge in [0.1, 0.15) is 10.8 Å². The zero-order valence-electron chi connectivity index (χ0n) is 9.39. The first-order valence-corrected chi connectivity index (χ1v) is 5.72. The van der Waals surface area contributed by atoms with Crippen LogP contribution in [0.2, 0.25) is 0 Å². The SMILES string of the molecule is Cc1cc(C(=O)Nc2nnc(C)s2)cc(N)n1. The molecule has 0 atom stereocenters. The van der Waals surface area contributed by atoms with E-state index in [1.54, 1.807) is 13.0 Å². The van der Waals surface area contributed by atoms with Crippen LogP contribution in [-0.4, -0.2) is 21.1 Å². The Labute approximate surface area is 102 Å². The summed E-state index contributed by atoms with van der Waals surface area (Å²) in [6.45, 7) is 3.60. The highest BCUT2D eigenvalue weighted by Gasteiger charge is 2.10. The van der Waals surface area contributed by atoms with E-state index in [0.717, 1.165) is 5.01 Å². The van der Waals surface area contributed by atoms with Crippen LogP contribution in [0.4, 0.5) is 10.9 Å². The predicted molar refractivity (Wildman–Crippen MR) is 66.0 cm³/mol. The Bertz CT molecular complexity index is 545. The maximum absolute atomic E-state index is 11.9. The van der Waals surface area contributed by atoms with Gasteiger partial charge < -0.3 is 5.73 Å². The lowest BCUT2D eigenvalue weighted by Gasteiger charge is -2.03. The molecule has 0 saturated heterocycles. The number of hydrogen-bond donors (Lipinski definition) is 2. The molecule has 7 heteroatoms. The van der Waals surface area contributed by atoms with Gasteiger partial charge in [0.2, 0.25) is 5.13 Å². The van der Waals surface area contributed by atoms with Crippen molar-refractivity contribution in [2.45, 2.75) is 13.8 Å². The van der Waals surface area contributed by atoms with Gasteiger partial charge in [-0.05, 0) is 26.0 Å². The van der Waals surface area contributed by atoms with Gasteiger partial charge in [0, 0.05) is 11.3 Å². The third-order valence-corrected chi connectivity index (χ3v) is 2.74. The van der Waals surface area contributed by atoms with Crippen LogP contribution in [0.15, 0.2) is 12.1 Å². The van der Waals surface area contributed by atoms with Crippen molar-refractivity contribution in [3.05, 3.63) is 28.4 Å². The lowest BCUT2D eigenvalue weighted by molar-refractivity contribution is 0.102. The lowest BCUT2D eigenvalue weighted by atomic mass is 10.2. The number of hydrogen-bond acceptors (Lipinski definition) is 6. The van der Waals surface area contributed by atoms with Gasteiger partial charge >= 0.3 is 0 Å². The van der Waals surface area contributed by atoms with Gasteiger partial charge in [-0.25, -0.2) is 4.98 Å². The monoisotopic (exact) mass is 249 g/mol.